The van der Waals surface area contributed by atoms with Crippen molar-refractivity contribution >= 4 is 28.2 Å². The summed E-state index contributed by atoms with van der Waals surface area (Å²) in [5.41, 5.74) is 7.28. The van der Waals surface area contributed by atoms with Gasteiger partial charge >= 0.3 is 0 Å². The van der Waals surface area contributed by atoms with Crippen LogP contribution in [0.5, 0.6) is 0 Å². The maximum absolute atomic E-state index is 12.2. The first-order chi connectivity index (χ1) is 9.51. The predicted molar refractivity (Wildman–Crippen MR) is 81.3 cm³/mol. The molecular weight excluding hydrogens is 272 g/mol. The van der Waals surface area contributed by atoms with Gasteiger partial charge in [-0.15, -0.1) is 11.3 Å². The molecule has 0 unspecified atom stereocenters. The average Bonchev–Trinajstić information content (AvgIpc) is 2.82. The zero-order chi connectivity index (χ0) is 14.7. The van der Waals surface area contributed by atoms with Crippen molar-refractivity contribution < 1.29 is 9.59 Å². The second-order valence-electron chi connectivity index (χ2n) is 4.50. The van der Waals surface area contributed by atoms with Gasteiger partial charge in [0.2, 0.25) is 0 Å². The van der Waals surface area contributed by atoms with Gasteiger partial charge in [-0.25, -0.2) is 0 Å². The van der Waals surface area contributed by atoms with Crippen molar-refractivity contribution in [2.75, 3.05) is 5.32 Å². The van der Waals surface area contributed by atoms with Gasteiger partial charge in [-0.1, -0.05) is 24.6 Å². The van der Waals surface area contributed by atoms with Crippen LogP contribution in [-0.2, 0) is 6.42 Å². The maximum atomic E-state index is 12.2. The predicted octanol–water partition coefficient (Wildman–Crippen LogP) is 2.97. The van der Waals surface area contributed by atoms with Crippen LogP contribution < -0.4 is 11.1 Å². The van der Waals surface area contributed by atoms with Gasteiger partial charge in [0.05, 0.1) is 5.56 Å². The van der Waals surface area contributed by atoms with Crippen molar-refractivity contribution in [3.8, 4) is 0 Å². The number of anilines is 1. The lowest BCUT2D eigenvalue weighted by atomic mass is 10.1. The third-order valence-corrected chi connectivity index (χ3v) is 4.10. The van der Waals surface area contributed by atoms with Crippen LogP contribution in [0.1, 0.15) is 38.1 Å². The molecule has 1 aromatic heterocycles. The SMILES string of the molecule is CCc1cc(C(N)=O)c(NC(=O)c2cccc(C)c2)s1. The van der Waals surface area contributed by atoms with E-state index in [1.807, 2.05) is 26.0 Å². The fourth-order valence-electron chi connectivity index (χ4n) is 1.85. The van der Waals surface area contributed by atoms with Crippen molar-refractivity contribution in [1.29, 1.82) is 0 Å². The van der Waals surface area contributed by atoms with E-state index in [9.17, 15) is 9.59 Å². The van der Waals surface area contributed by atoms with E-state index in [0.29, 0.717) is 16.1 Å². The van der Waals surface area contributed by atoms with Crippen LogP contribution in [0.4, 0.5) is 5.00 Å². The summed E-state index contributed by atoms with van der Waals surface area (Å²) >= 11 is 1.38. The van der Waals surface area contributed by atoms with Crippen molar-refractivity contribution in [2.24, 2.45) is 5.73 Å². The minimum atomic E-state index is -0.527. The van der Waals surface area contributed by atoms with Gasteiger partial charge in [-0.3, -0.25) is 9.59 Å². The van der Waals surface area contributed by atoms with Crippen LogP contribution in [0.2, 0.25) is 0 Å². The molecule has 0 aliphatic rings. The van der Waals surface area contributed by atoms with Crippen LogP contribution in [0.3, 0.4) is 0 Å². The normalized spacial score (nSPS) is 10.3. The first kappa shape index (κ1) is 14.3. The summed E-state index contributed by atoms with van der Waals surface area (Å²) in [6, 6.07) is 9.02. The Morgan fingerprint density at radius 3 is 2.65 bits per heavy atom. The number of carbonyl (C=O) groups is 2. The van der Waals surface area contributed by atoms with E-state index < -0.39 is 5.91 Å². The molecule has 0 fully saturated rings. The Morgan fingerprint density at radius 1 is 1.30 bits per heavy atom. The largest absolute Gasteiger partial charge is 0.366 e. The smallest absolute Gasteiger partial charge is 0.256 e. The molecule has 0 saturated heterocycles. The van der Waals surface area contributed by atoms with Crippen molar-refractivity contribution in [1.82, 2.24) is 0 Å². The molecule has 2 rings (SSSR count). The number of hydrogen-bond acceptors (Lipinski definition) is 3. The Labute approximate surface area is 121 Å². The number of thiophene rings is 1. The van der Waals surface area contributed by atoms with Gasteiger partial charge in [0, 0.05) is 10.4 Å². The Morgan fingerprint density at radius 2 is 2.05 bits per heavy atom. The molecule has 0 atom stereocenters. The minimum Gasteiger partial charge on any atom is -0.366 e. The highest BCUT2D eigenvalue weighted by atomic mass is 32.1. The van der Waals surface area contributed by atoms with Crippen LogP contribution in [0.15, 0.2) is 30.3 Å². The summed E-state index contributed by atoms with van der Waals surface area (Å²) in [5.74, 6) is -0.763. The van der Waals surface area contributed by atoms with Crippen LogP contribution >= 0.6 is 11.3 Å². The van der Waals surface area contributed by atoms with Crippen LogP contribution in [-0.4, -0.2) is 11.8 Å². The molecule has 0 radical (unpaired) electrons. The Kier molecular flexibility index (Phi) is 4.20. The van der Waals surface area contributed by atoms with Crippen molar-refractivity contribution in [2.45, 2.75) is 20.3 Å². The molecule has 3 N–H and O–H groups in total. The first-order valence-corrected chi connectivity index (χ1v) is 7.13. The second-order valence-corrected chi connectivity index (χ2v) is 5.63. The van der Waals surface area contributed by atoms with Crippen LogP contribution in [0.25, 0.3) is 0 Å². The zero-order valence-corrected chi connectivity index (χ0v) is 12.2. The van der Waals surface area contributed by atoms with E-state index in [2.05, 4.69) is 5.32 Å². The summed E-state index contributed by atoms with van der Waals surface area (Å²) in [5, 5.41) is 3.28. The fourth-order valence-corrected chi connectivity index (χ4v) is 2.85. The highest BCUT2D eigenvalue weighted by molar-refractivity contribution is 7.16. The minimum absolute atomic E-state index is 0.235. The molecule has 0 saturated carbocycles. The van der Waals surface area contributed by atoms with Gasteiger partial charge in [0.1, 0.15) is 5.00 Å². The van der Waals surface area contributed by atoms with Gasteiger partial charge in [0.15, 0.2) is 0 Å². The highest BCUT2D eigenvalue weighted by Crippen LogP contribution is 2.28. The lowest BCUT2D eigenvalue weighted by Gasteiger charge is -2.05. The number of hydrogen-bond donors (Lipinski definition) is 2. The van der Waals surface area contributed by atoms with E-state index in [4.69, 9.17) is 5.73 Å². The third-order valence-electron chi connectivity index (χ3n) is 2.90. The molecule has 2 amide bonds. The highest BCUT2D eigenvalue weighted by Gasteiger charge is 2.16. The summed E-state index contributed by atoms with van der Waals surface area (Å²) in [4.78, 5) is 24.6. The molecule has 1 aromatic carbocycles. The molecule has 1 heterocycles. The third kappa shape index (κ3) is 3.05. The molecule has 5 heteroatoms. The Balaban J connectivity index is 2.27. The molecule has 0 aliphatic carbocycles. The van der Waals surface area contributed by atoms with E-state index in [0.717, 1.165) is 16.9 Å². The van der Waals surface area contributed by atoms with Gasteiger partial charge < -0.3 is 11.1 Å². The number of rotatable bonds is 4. The van der Waals surface area contributed by atoms with Gasteiger partial charge in [0.25, 0.3) is 11.8 Å². The van der Waals surface area contributed by atoms with E-state index in [1.54, 1.807) is 18.2 Å². The molecule has 104 valence electrons. The number of nitrogens with one attached hydrogen (secondary N) is 1. The number of nitrogens with two attached hydrogens (primary N) is 1. The molecule has 0 bridgehead atoms. The molecule has 0 spiro atoms. The summed E-state index contributed by atoms with van der Waals surface area (Å²) < 4.78 is 0. The molecular formula is C15H16N2O2S. The molecule has 4 nitrogen and oxygen atoms in total. The van der Waals surface area contributed by atoms with Crippen LogP contribution in [0, 0.1) is 6.92 Å². The number of aryl methyl sites for hydroxylation is 2. The Bertz CT molecular complexity index is 662. The summed E-state index contributed by atoms with van der Waals surface area (Å²) in [7, 11) is 0. The monoisotopic (exact) mass is 288 g/mol. The average molecular weight is 288 g/mol. The number of carbonyl (C=O) groups excluding carboxylic acids is 2. The maximum Gasteiger partial charge on any atom is 0.256 e. The zero-order valence-electron chi connectivity index (χ0n) is 11.4. The topological polar surface area (TPSA) is 72.2 Å². The quantitative estimate of drug-likeness (QED) is 0.907. The molecule has 20 heavy (non-hydrogen) atoms. The standard InChI is InChI=1S/C15H16N2O2S/c1-3-11-8-12(13(16)18)15(20-11)17-14(19)10-6-4-5-9(2)7-10/h4-8H,3H2,1-2H3,(H2,16,18)(H,17,19). The lowest BCUT2D eigenvalue weighted by Crippen LogP contribution is -2.16. The number of primary amides is 1. The molecule has 2 aromatic rings. The van der Waals surface area contributed by atoms with Gasteiger partial charge in [-0.2, -0.15) is 0 Å². The van der Waals surface area contributed by atoms with Gasteiger partial charge in [-0.05, 0) is 31.5 Å². The number of amides is 2. The van der Waals surface area contributed by atoms with E-state index >= 15 is 0 Å². The first-order valence-electron chi connectivity index (χ1n) is 6.31. The molecule has 0 aliphatic heterocycles. The van der Waals surface area contributed by atoms with E-state index in [1.165, 1.54) is 11.3 Å². The van der Waals surface area contributed by atoms with Crippen molar-refractivity contribution in [3.05, 3.63) is 51.9 Å². The van der Waals surface area contributed by atoms with E-state index in [-0.39, 0.29) is 5.91 Å². The summed E-state index contributed by atoms with van der Waals surface area (Å²) in [6.07, 6.45) is 0.797. The second kappa shape index (κ2) is 5.88. The summed E-state index contributed by atoms with van der Waals surface area (Å²) in [6.45, 7) is 3.91. The lowest BCUT2D eigenvalue weighted by molar-refractivity contribution is 0.100. The Hall–Kier alpha value is -2.14. The number of benzene rings is 1. The van der Waals surface area contributed by atoms with Crippen molar-refractivity contribution in [3.63, 3.8) is 0 Å². The fraction of sp³-hybridized carbons (Fsp3) is 0.200.